The van der Waals surface area contributed by atoms with Crippen LogP contribution in [0, 0.1) is 0 Å². The molecule has 1 aromatic rings. The number of benzene rings is 1. The van der Waals surface area contributed by atoms with Gasteiger partial charge in [-0.25, -0.2) is 0 Å². The molecule has 0 unspecified atom stereocenters. The van der Waals surface area contributed by atoms with Crippen LogP contribution in [0.3, 0.4) is 0 Å². The predicted molar refractivity (Wildman–Crippen MR) is 80.1 cm³/mol. The van der Waals surface area contributed by atoms with Crippen molar-refractivity contribution in [1.29, 1.82) is 0 Å². The van der Waals surface area contributed by atoms with E-state index in [2.05, 4.69) is 5.32 Å². The highest BCUT2D eigenvalue weighted by atomic mass is 16.5. The first-order valence-electron chi connectivity index (χ1n) is 7.19. The molecule has 1 aromatic carbocycles. The van der Waals surface area contributed by atoms with Crippen molar-refractivity contribution in [3.63, 3.8) is 0 Å². The van der Waals surface area contributed by atoms with Gasteiger partial charge in [0.1, 0.15) is 5.75 Å². The largest absolute Gasteiger partial charge is 0.497 e. The maximum Gasteiger partial charge on any atom is 0.251 e. The van der Waals surface area contributed by atoms with Crippen LogP contribution in [0.2, 0.25) is 0 Å². The fourth-order valence-corrected chi connectivity index (χ4v) is 2.34. The second-order valence-electron chi connectivity index (χ2n) is 5.14. The summed E-state index contributed by atoms with van der Waals surface area (Å²) >= 11 is 0. The molecule has 2 N–H and O–H groups in total. The molecule has 0 radical (unpaired) electrons. The third kappa shape index (κ3) is 4.85. The maximum absolute atomic E-state index is 12.1. The number of amides is 1. The van der Waals surface area contributed by atoms with E-state index in [1.54, 1.807) is 31.4 Å². The molecule has 0 fully saturated rings. The van der Waals surface area contributed by atoms with Crippen LogP contribution in [0.25, 0.3) is 0 Å². The van der Waals surface area contributed by atoms with E-state index in [0.717, 1.165) is 12.8 Å². The van der Waals surface area contributed by atoms with E-state index in [1.807, 2.05) is 13.8 Å². The zero-order valence-corrected chi connectivity index (χ0v) is 12.6. The van der Waals surface area contributed by atoms with Crippen LogP contribution in [0.4, 0.5) is 0 Å². The van der Waals surface area contributed by atoms with E-state index in [1.165, 1.54) is 0 Å². The summed E-state index contributed by atoms with van der Waals surface area (Å²) in [4.78, 5) is 12.1. The second kappa shape index (κ2) is 7.90. The number of methoxy groups -OCH3 is 1. The first-order chi connectivity index (χ1) is 9.54. The molecule has 112 valence electrons. The first-order valence-corrected chi connectivity index (χ1v) is 7.19. The number of carbonyl (C=O) groups is 1. The fourth-order valence-electron chi connectivity index (χ4n) is 2.34. The first kappa shape index (κ1) is 16.5. The minimum atomic E-state index is -0.808. The van der Waals surface area contributed by atoms with E-state index >= 15 is 0 Å². The standard InChI is InChI=1S/C16H25NO3/c1-4-9-16(19,10-5-2)12-17-15(18)13-7-6-8-14(11-13)20-3/h6-8,11,19H,4-5,9-10,12H2,1-3H3,(H,17,18). The number of aliphatic hydroxyl groups is 1. The molecule has 0 spiro atoms. The number of carbonyl (C=O) groups excluding carboxylic acids is 1. The van der Waals surface area contributed by atoms with Gasteiger partial charge in [-0.05, 0) is 31.0 Å². The van der Waals surface area contributed by atoms with Gasteiger partial charge >= 0.3 is 0 Å². The third-order valence-corrected chi connectivity index (χ3v) is 3.34. The van der Waals surface area contributed by atoms with Crippen molar-refractivity contribution in [1.82, 2.24) is 5.32 Å². The van der Waals surface area contributed by atoms with Crippen LogP contribution in [-0.2, 0) is 0 Å². The van der Waals surface area contributed by atoms with Crippen molar-refractivity contribution in [3.8, 4) is 5.75 Å². The molecule has 0 atom stereocenters. The van der Waals surface area contributed by atoms with Gasteiger partial charge in [-0.3, -0.25) is 4.79 Å². The predicted octanol–water partition coefficient (Wildman–Crippen LogP) is 2.76. The lowest BCUT2D eigenvalue weighted by molar-refractivity contribution is 0.0213. The summed E-state index contributed by atoms with van der Waals surface area (Å²) in [5, 5.41) is 13.3. The molecule has 0 saturated carbocycles. The second-order valence-corrected chi connectivity index (χ2v) is 5.14. The normalized spacial score (nSPS) is 11.2. The maximum atomic E-state index is 12.1. The molecule has 0 bridgehead atoms. The molecule has 0 saturated heterocycles. The smallest absolute Gasteiger partial charge is 0.251 e. The Morgan fingerprint density at radius 1 is 1.30 bits per heavy atom. The van der Waals surface area contributed by atoms with Gasteiger partial charge < -0.3 is 15.2 Å². The van der Waals surface area contributed by atoms with E-state index in [-0.39, 0.29) is 12.5 Å². The van der Waals surface area contributed by atoms with Gasteiger partial charge in [0.2, 0.25) is 0 Å². The number of ether oxygens (including phenoxy) is 1. The Balaban J connectivity index is 2.65. The summed E-state index contributed by atoms with van der Waals surface area (Å²) in [6.45, 7) is 4.35. The van der Waals surface area contributed by atoms with Crippen LogP contribution in [0.5, 0.6) is 5.75 Å². The Hall–Kier alpha value is -1.55. The fraction of sp³-hybridized carbons (Fsp3) is 0.562. The number of hydrogen-bond donors (Lipinski definition) is 2. The molecule has 20 heavy (non-hydrogen) atoms. The van der Waals surface area contributed by atoms with Crippen LogP contribution in [0.1, 0.15) is 49.9 Å². The summed E-state index contributed by atoms with van der Waals surface area (Å²) < 4.78 is 5.10. The minimum absolute atomic E-state index is 0.186. The Bertz CT molecular complexity index is 425. The number of nitrogens with one attached hydrogen (secondary N) is 1. The van der Waals surface area contributed by atoms with Crippen LogP contribution >= 0.6 is 0 Å². The quantitative estimate of drug-likeness (QED) is 0.769. The summed E-state index contributed by atoms with van der Waals surface area (Å²) in [6.07, 6.45) is 3.18. The van der Waals surface area contributed by atoms with Crippen molar-refractivity contribution in [2.45, 2.75) is 45.1 Å². The highest BCUT2D eigenvalue weighted by Gasteiger charge is 2.25. The molecule has 0 aromatic heterocycles. The molecule has 0 heterocycles. The molecule has 4 heteroatoms. The van der Waals surface area contributed by atoms with E-state index < -0.39 is 5.60 Å². The van der Waals surface area contributed by atoms with Gasteiger partial charge in [0.25, 0.3) is 5.91 Å². The van der Waals surface area contributed by atoms with E-state index in [4.69, 9.17) is 4.74 Å². The van der Waals surface area contributed by atoms with Gasteiger partial charge in [-0.1, -0.05) is 32.8 Å². The lowest BCUT2D eigenvalue weighted by atomic mass is 9.92. The Morgan fingerprint density at radius 2 is 1.95 bits per heavy atom. The van der Waals surface area contributed by atoms with Crippen molar-refractivity contribution in [3.05, 3.63) is 29.8 Å². The Labute approximate surface area is 121 Å². The molecule has 0 aliphatic rings. The Morgan fingerprint density at radius 3 is 2.50 bits per heavy atom. The van der Waals surface area contributed by atoms with Crippen molar-refractivity contribution in [2.75, 3.05) is 13.7 Å². The average molecular weight is 279 g/mol. The molecular weight excluding hydrogens is 254 g/mol. The molecule has 4 nitrogen and oxygen atoms in total. The van der Waals surface area contributed by atoms with Crippen LogP contribution < -0.4 is 10.1 Å². The van der Waals surface area contributed by atoms with Crippen molar-refractivity contribution < 1.29 is 14.6 Å². The number of rotatable bonds is 8. The van der Waals surface area contributed by atoms with Crippen molar-refractivity contribution >= 4 is 5.91 Å². The Kier molecular flexibility index (Phi) is 6.52. The SMILES string of the molecule is CCCC(O)(CCC)CNC(=O)c1cccc(OC)c1. The van der Waals surface area contributed by atoms with Crippen LogP contribution in [-0.4, -0.2) is 30.3 Å². The van der Waals surface area contributed by atoms with E-state index in [9.17, 15) is 9.90 Å². The van der Waals surface area contributed by atoms with Crippen molar-refractivity contribution in [2.24, 2.45) is 0 Å². The summed E-state index contributed by atoms with van der Waals surface area (Å²) in [7, 11) is 1.57. The summed E-state index contributed by atoms with van der Waals surface area (Å²) in [6, 6.07) is 6.99. The monoisotopic (exact) mass is 279 g/mol. The zero-order chi connectivity index (χ0) is 15.0. The minimum Gasteiger partial charge on any atom is -0.497 e. The summed E-state index contributed by atoms with van der Waals surface area (Å²) in [5.41, 5.74) is -0.266. The summed E-state index contributed by atoms with van der Waals surface area (Å²) in [5.74, 6) is 0.463. The van der Waals surface area contributed by atoms with Gasteiger partial charge in [0.15, 0.2) is 0 Å². The highest BCUT2D eigenvalue weighted by Crippen LogP contribution is 2.19. The zero-order valence-electron chi connectivity index (χ0n) is 12.6. The molecule has 1 rings (SSSR count). The van der Waals surface area contributed by atoms with Gasteiger partial charge in [0.05, 0.1) is 12.7 Å². The lowest BCUT2D eigenvalue weighted by Gasteiger charge is -2.27. The average Bonchev–Trinajstić information content (AvgIpc) is 2.45. The topological polar surface area (TPSA) is 58.6 Å². The molecule has 0 aliphatic heterocycles. The third-order valence-electron chi connectivity index (χ3n) is 3.34. The molecule has 0 aliphatic carbocycles. The number of hydrogen-bond acceptors (Lipinski definition) is 3. The van der Waals surface area contributed by atoms with Gasteiger partial charge in [-0.2, -0.15) is 0 Å². The van der Waals surface area contributed by atoms with Gasteiger partial charge in [-0.15, -0.1) is 0 Å². The van der Waals surface area contributed by atoms with E-state index in [0.29, 0.717) is 24.2 Å². The van der Waals surface area contributed by atoms with Crippen LogP contribution in [0.15, 0.2) is 24.3 Å². The molecule has 1 amide bonds. The highest BCUT2D eigenvalue weighted by molar-refractivity contribution is 5.94. The lowest BCUT2D eigenvalue weighted by Crippen LogP contribution is -2.42. The molecular formula is C16H25NO3. The van der Waals surface area contributed by atoms with Gasteiger partial charge in [0, 0.05) is 12.1 Å².